The topological polar surface area (TPSA) is 88.7 Å². The highest BCUT2D eigenvalue weighted by Gasteiger charge is 2.10. The van der Waals surface area contributed by atoms with Gasteiger partial charge in [-0.05, 0) is 38.1 Å². The summed E-state index contributed by atoms with van der Waals surface area (Å²) in [6.07, 6.45) is 2.28. The predicted octanol–water partition coefficient (Wildman–Crippen LogP) is 3.58. The van der Waals surface area contributed by atoms with Crippen molar-refractivity contribution in [3.8, 4) is 17.3 Å². The van der Waals surface area contributed by atoms with Gasteiger partial charge in [-0.1, -0.05) is 28.9 Å². The zero-order chi connectivity index (χ0) is 21.2. The monoisotopic (exact) mass is 536 g/mol. The number of aromatic nitrogens is 3. The van der Waals surface area contributed by atoms with Gasteiger partial charge in [0.1, 0.15) is 18.1 Å². The molecule has 2 aromatic heterocycles. The van der Waals surface area contributed by atoms with Crippen molar-refractivity contribution in [2.75, 3.05) is 33.3 Å². The van der Waals surface area contributed by atoms with Crippen LogP contribution in [0.4, 0.5) is 0 Å². The van der Waals surface area contributed by atoms with Crippen molar-refractivity contribution in [3.63, 3.8) is 0 Å². The van der Waals surface area contributed by atoms with Crippen molar-refractivity contribution in [1.29, 1.82) is 0 Å². The van der Waals surface area contributed by atoms with Gasteiger partial charge in [0, 0.05) is 32.8 Å². The first-order valence-corrected chi connectivity index (χ1v) is 10.1. The number of hydrogen-bond donors (Lipinski definition) is 1. The van der Waals surface area contributed by atoms with E-state index in [1.807, 2.05) is 61.3 Å². The van der Waals surface area contributed by atoms with Crippen LogP contribution in [0, 0.1) is 6.92 Å². The molecule has 0 bridgehead atoms. The summed E-state index contributed by atoms with van der Waals surface area (Å²) in [6.45, 7) is 6.73. The van der Waals surface area contributed by atoms with Gasteiger partial charge in [-0.15, -0.1) is 24.0 Å². The fourth-order valence-electron chi connectivity index (χ4n) is 2.72. The number of hydrogen-bond acceptors (Lipinski definition) is 6. The molecule has 0 amide bonds. The molecule has 0 saturated carbocycles. The number of ether oxygens (including phenoxy) is 1. The van der Waals surface area contributed by atoms with Gasteiger partial charge in [0.15, 0.2) is 11.8 Å². The zero-order valence-electron chi connectivity index (χ0n) is 18.1. The second kappa shape index (κ2) is 12.9. The molecule has 0 aliphatic heterocycles. The second-order valence-corrected chi connectivity index (χ2v) is 6.80. The molecule has 0 atom stereocenters. The van der Waals surface area contributed by atoms with E-state index < -0.39 is 0 Å². The highest BCUT2D eigenvalue weighted by molar-refractivity contribution is 14.0. The Balaban J connectivity index is 0.00000341. The van der Waals surface area contributed by atoms with Crippen LogP contribution in [0.2, 0.25) is 0 Å². The van der Waals surface area contributed by atoms with Crippen LogP contribution in [0.3, 0.4) is 0 Å². The van der Waals surface area contributed by atoms with Crippen LogP contribution in [-0.2, 0) is 6.42 Å². The largest absolute Gasteiger partial charge is 0.492 e. The Hall–Kier alpha value is -2.69. The summed E-state index contributed by atoms with van der Waals surface area (Å²) < 4.78 is 11.1. The SMILES string of the molecule is CCNC(=NCCc1noc(-c2ccccn2)n1)N(C)CCOc1ccc(C)cc1.I. The number of likely N-dealkylation sites (N-methyl/N-ethyl adjacent to an activating group) is 1. The van der Waals surface area contributed by atoms with Crippen molar-refractivity contribution in [2.24, 2.45) is 4.99 Å². The zero-order valence-corrected chi connectivity index (χ0v) is 20.4. The summed E-state index contributed by atoms with van der Waals surface area (Å²) in [4.78, 5) is 15.3. The van der Waals surface area contributed by atoms with Gasteiger partial charge in [0.2, 0.25) is 0 Å². The molecule has 3 rings (SSSR count). The summed E-state index contributed by atoms with van der Waals surface area (Å²) in [6, 6.07) is 13.6. The Morgan fingerprint density at radius 1 is 1.19 bits per heavy atom. The summed E-state index contributed by atoms with van der Waals surface area (Å²) >= 11 is 0. The predicted molar refractivity (Wildman–Crippen MR) is 132 cm³/mol. The van der Waals surface area contributed by atoms with Gasteiger partial charge in [0.05, 0.1) is 6.54 Å². The van der Waals surface area contributed by atoms with Crippen molar-refractivity contribution in [3.05, 3.63) is 60.0 Å². The minimum atomic E-state index is 0. The molecule has 1 aromatic carbocycles. The quantitative estimate of drug-likeness (QED) is 0.254. The summed E-state index contributed by atoms with van der Waals surface area (Å²) in [7, 11) is 1.99. The number of nitrogens with zero attached hydrogens (tertiary/aromatic N) is 5. The number of benzene rings is 1. The standard InChI is InChI=1S/C22H28N6O2.HI/c1-4-23-22(28(3)15-16-29-18-10-8-17(2)9-11-18)25-14-12-20-26-21(30-27-20)19-7-5-6-13-24-19;/h5-11,13H,4,12,14-16H2,1-3H3,(H,23,25);1H. The Morgan fingerprint density at radius 3 is 2.71 bits per heavy atom. The number of guanidine groups is 1. The molecule has 0 aliphatic carbocycles. The van der Waals surface area contributed by atoms with Crippen LogP contribution in [0.25, 0.3) is 11.6 Å². The van der Waals surface area contributed by atoms with E-state index in [1.54, 1.807) is 6.20 Å². The van der Waals surface area contributed by atoms with Crippen molar-refractivity contribution in [2.45, 2.75) is 20.3 Å². The number of aryl methyl sites for hydroxylation is 1. The fourth-order valence-corrected chi connectivity index (χ4v) is 2.72. The number of nitrogens with one attached hydrogen (secondary N) is 1. The fraction of sp³-hybridized carbons (Fsp3) is 0.364. The smallest absolute Gasteiger partial charge is 0.276 e. The summed E-state index contributed by atoms with van der Waals surface area (Å²) in [5.74, 6) is 2.72. The first-order valence-electron chi connectivity index (χ1n) is 10.1. The van der Waals surface area contributed by atoms with Crippen LogP contribution in [0.5, 0.6) is 5.75 Å². The number of halogens is 1. The van der Waals surface area contributed by atoms with Crippen LogP contribution in [-0.4, -0.2) is 59.3 Å². The van der Waals surface area contributed by atoms with Gasteiger partial charge >= 0.3 is 0 Å². The van der Waals surface area contributed by atoms with E-state index in [9.17, 15) is 0 Å². The van der Waals surface area contributed by atoms with Gasteiger partial charge in [-0.25, -0.2) is 0 Å². The third-order valence-corrected chi connectivity index (χ3v) is 4.36. The van der Waals surface area contributed by atoms with Crippen LogP contribution in [0.15, 0.2) is 58.2 Å². The maximum Gasteiger partial charge on any atom is 0.276 e. The molecule has 31 heavy (non-hydrogen) atoms. The van der Waals surface area contributed by atoms with Gasteiger partial charge < -0.3 is 19.5 Å². The lowest BCUT2D eigenvalue weighted by molar-refractivity contribution is 0.281. The van der Waals surface area contributed by atoms with E-state index in [-0.39, 0.29) is 24.0 Å². The van der Waals surface area contributed by atoms with Crippen LogP contribution in [0.1, 0.15) is 18.3 Å². The van der Waals surface area contributed by atoms with E-state index in [1.165, 1.54) is 5.56 Å². The van der Waals surface area contributed by atoms with E-state index in [0.29, 0.717) is 43.5 Å². The third kappa shape index (κ3) is 7.82. The molecule has 3 aromatic rings. The highest BCUT2D eigenvalue weighted by atomic mass is 127. The molecule has 0 unspecified atom stereocenters. The lowest BCUT2D eigenvalue weighted by Gasteiger charge is -2.22. The normalized spacial score (nSPS) is 11.0. The second-order valence-electron chi connectivity index (χ2n) is 6.80. The van der Waals surface area contributed by atoms with E-state index >= 15 is 0 Å². The van der Waals surface area contributed by atoms with E-state index in [2.05, 4.69) is 32.4 Å². The molecular formula is C22H29IN6O2. The van der Waals surface area contributed by atoms with Crippen molar-refractivity contribution >= 4 is 29.9 Å². The number of rotatable bonds is 9. The number of aliphatic imine (C=N–C) groups is 1. The Labute approximate surface area is 200 Å². The molecular weight excluding hydrogens is 507 g/mol. The minimum Gasteiger partial charge on any atom is -0.492 e. The van der Waals surface area contributed by atoms with Crippen molar-refractivity contribution in [1.82, 2.24) is 25.3 Å². The Morgan fingerprint density at radius 2 is 2.00 bits per heavy atom. The molecule has 8 nitrogen and oxygen atoms in total. The van der Waals surface area contributed by atoms with E-state index in [4.69, 9.17) is 9.26 Å². The lowest BCUT2D eigenvalue weighted by atomic mass is 10.2. The average Bonchev–Trinajstić information content (AvgIpc) is 3.24. The molecule has 0 radical (unpaired) electrons. The molecule has 1 N–H and O–H groups in total. The molecule has 0 fully saturated rings. The molecule has 0 spiro atoms. The maximum absolute atomic E-state index is 5.82. The first kappa shape index (κ1) is 24.6. The highest BCUT2D eigenvalue weighted by Crippen LogP contribution is 2.13. The first-order chi connectivity index (χ1) is 14.7. The van der Waals surface area contributed by atoms with Crippen LogP contribution >= 0.6 is 24.0 Å². The summed E-state index contributed by atoms with van der Waals surface area (Å²) in [5.41, 5.74) is 1.89. The maximum atomic E-state index is 5.82. The lowest BCUT2D eigenvalue weighted by Crippen LogP contribution is -2.41. The molecule has 2 heterocycles. The van der Waals surface area contributed by atoms with Crippen molar-refractivity contribution < 1.29 is 9.26 Å². The molecule has 9 heteroatoms. The Bertz CT molecular complexity index is 931. The Kier molecular flexibility index (Phi) is 10.2. The molecule has 166 valence electrons. The van der Waals surface area contributed by atoms with Gasteiger partial charge in [-0.2, -0.15) is 4.98 Å². The van der Waals surface area contributed by atoms with Gasteiger partial charge in [-0.3, -0.25) is 9.98 Å². The average molecular weight is 536 g/mol. The summed E-state index contributed by atoms with van der Waals surface area (Å²) in [5, 5.41) is 7.32. The third-order valence-electron chi connectivity index (χ3n) is 4.36. The molecule has 0 saturated heterocycles. The van der Waals surface area contributed by atoms with E-state index in [0.717, 1.165) is 18.3 Å². The number of pyridine rings is 1. The van der Waals surface area contributed by atoms with Gasteiger partial charge in [0.25, 0.3) is 5.89 Å². The van der Waals surface area contributed by atoms with Crippen LogP contribution < -0.4 is 10.1 Å². The minimum absolute atomic E-state index is 0. The molecule has 0 aliphatic rings.